The zero-order chi connectivity index (χ0) is 39.5. The SMILES string of the molecule is COc1cc(C(=O)OC[C@]2(O)CO[C@@H](O[C@H]3[C@H](OCCc4ccc(O)c(O)c4)O[C@H](CO)[C@@H](O)[C@@H]3O[C@@H]3O[C@@H](C)[C@H](O)[C@@H](O)[C@H]3O)[C@@H]2O)cc(OC)c1O. The van der Waals surface area contributed by atoms with E-state index in [1.54, 1.807) is 0 Å². The molecule has 13 atom stereocenters. The van der Waals surface area contributed by atoms with Gasteiger partial charge in [-0.25, -0.2) is 4.79 Å². The van der Waals surface area contributed by atoms with E-state index in [2.05, 4.69) is 0 Å². The molecule has 54 heavy (non-hydrogen) atoms. The van der Waals surface area contributed by atoms with Gasteiger partial charge in [-0.15, -0.1) is 0 Å². The van der Waals surface area contributed by atoms with E-state index < -0.39 is 105 Å². The van der Waals surface area contributed by atoms with Crippen LogP contribution >= 0.6 is 0 Å². The van der Waals surface area contributed by atoms with Gasteiger partial charge in [-0.3, -0.25) is 0 Å². The second kappa shape index (κ2) is 17.5. The van der Waals surface area contributed by atoms with Crippen LogP contribution in [-0.2, 0) is 39.6 Å². The number of aliphatic hydroxyl groups is 7. The Bertz CT molecular complexity index is 1550. The minimum absolute atomic E-state index is 0.0981. The third-order valence-corrected chi connectivity index (χ3v) is 9.38. The van der Waals surface area contributed by atoms with Gasteiger partial charge < -0.3 is 93.7 Å². The van der Waals surface area contributed by atoms with Crippen molar-refractivity contribution in [1.29, 1.82) is 0 Å². The minimum Gasteiger partial charge on any atom is -0.504 e. The van der Waals surface area contributed by atoms with E-state index in [4.69, 9.17) is 42.6 Å². The summed E-state index contributed by atoms with van der Waals surface area (Å²) >= 11 is 0. The molecule has 0 spiro atoms. The number of esters is 1. The summed E-state index contributed by atoms with van der Waals surface area (Å²) in [5, 5.41) is 105. The largest absolute Gasteiger partial charge is 0.504 e. The van der Waals surface area contributed by atoms with Crippen LogP contribution in [0.1, 0.15) is 22.8 Å². The minimum atomic E-state index is -2.26. The summed E-state index contributed by atoms with van der Waals surface area (Å²) in [4.78, 5) is 12.9. The van der Waals surface area contributed by atoms with E-state index in [0.717, 1.165) is 0 Å². The standard InChI is InChI=1S/C34H46O20/c1-14-22(38)25(41)26(42)31(51-14)53-27-24(40)21(11-35)52-32(48-7-6-15-4-5-17(36)18(37)8-15)28(27)54-33-29(43)34(45,13-50-33)12-49-30(44)16-9-19(46-2)23(39)20(10-16)47-3/h4-5,8-10,14,21-22,24-29,31-33,35-43,45H,6-7,11-13H2,1-3H3/t14-,21+,22-,24+,25+,26+,27-,28+,29-,31-,32+,33-,34-/m0/s1. The highest BCUT2D eigenvalue weighted by Crippen LogP contribution is 2.38. The van der Waals surface area contributed by atoms with Crippen LogP contribution in [0.4, 0.5) is 0 Å². The van der Waals surface area contributed by atoms with Gasteiger partial charge in [-0.1, -0.05) is 6.07 Å². The molecule has 302 valence electrons. The Hall–Kier alpha value is -3.61. The Morgan fingerprint density at radius 3 is 2.13 bits per heavy atom. The molecule has 3 saturated heterocycles. The third kappa shape index (κ3) is 8.76. The normalized spacial score (nSPS) is 35.4. The van der Waals surface area contributed by atoms with E-state index in [1.807, 2.05) is 0 Å². The molecule has 20 heteroatoms. The molecule has 10 N–H and O–H groups in total. The summed E-state index contributed by atoms with van der Waals surface area (Å²) in [6, 6.07) is 6.43. The van der Waals surface area contributed by atoms with E-state index in [0.29, 0.717) is 5.56 Å². The van der Waals surface area contributed by atoms with Gasteiger partial charge in [0.05, 0.1) is 45.7 Å². The fourth-order valence-corrected chi connectivity index (χ4v) is 6.11. The summed E-state index contributed by atoms with van der Waals surface area (Å²) < 4.78 is 50.2. The van der Waals surface area contributed by atoms with Gasteiger partial charge in [0.2, 0.25) is 5.75 Å². The zero-order valence-corrected chi connectivity index (χ0v) is 29.4. The Morgan fingerprint density at radius 1 is 0.833 bits per heavy atom. The van der Waals surface area contributed by atoms with Gasteiger partial charge in [0.25, 0.3) is 0 Å². The smallest absolute Gasteiger partial charge is 0.338 e. The van der Waals surface area contributed by atoms with E-state index >= 15 is 0 Å². The van der Waals surface area contributed by atoms with Gasteiger partial charge in [0.1, 0.15) is 55.4 Å². The average Bonchev–Trinajstić information content (AvgIpc) is 3.44. The molecule has 3 aliphatic rings. The number of phenolic OH excluding ortho intramolecular Hbond substituents is 3. The van der Waals surface area contributed by atoms with Gasteiger partial charge in [-0.05, 0) is 43.2 Å². The summed E-state index contributed by atoms with van der Waals surface area (Å²) in [7, 11) is 2.51. The lowest BCUT2D eigenvalue weighted by molar-refractivity contribution is -0.375. The Balaban J connectivity index is 1.35. The molecular formula is C34H46O20. The number of aromatic hydroxyl groups is 3. The van der Waals surface area contributed by atoms with Crippen molar-refractivity contribution in [3.05, 3.63) is 41.5 Å². The van der Waals surface area contributed by atoms with Crippen molar-refractivity contribution >= 4 is 5.97 Å². The van der Waals surface area contributed by atoms with Gasteiger partial charge >= 0.3 is 5.97 Å². The molecule has 3 fully saturated rings. The van der Waals surface area contributed by atoms with Crippen LogP contribution in [0.2, 0.25) is 0 Å². The first-order chi connectivity index (χ1) is 25.6. The summed E-state index contributed by atoms with van der Waals surface area (Å²) in [6.45, 7) is -0.983. The molecule has 20 nitrogen and oxygen atoms in total. The molecule has 2 aromatic carbocycles. The zero-order valence-electron chi connectivity index (χ0n) is 29.4. The fourth-order valence-electron chi connectivity index (χ4n) is 6.11. The quantitative estimate of drug-likeness (QED) is 0.0693. The van der Waals surface area contributed by atoms with Gasteiger partial charge in [-0.2, -0.15) is 0 Å². The number of hydrogen-bond donors (Lipinski definition) is 10. The maximum absolute atomic E-state index is 12.9. The molecule has 0 unspecified atom stereocenters. The van der Waals surface area contributed by atoms with Crippen molar-refractivity contribution in [1.82, 2.24) is 0 Å². The lowest BCUT2D eigenvalue weighted by atomic mass is 9.96. The van der Waals surface area contributed by atoms with Crippen LogP contribution in [0, 0.1) is 0 Å². The number of aliphatic hydroxyl groups excluding tert-OH is 6. The number of carbonyl (C=O) groups is 1. The maximum Gasteiger partial charge on any atom is 0.338 e. The summed E-state index contributed by atoms with van der Waals surface area (Å²) in [5.74, 6) is -2.27. The van der Waals surface area contributed by atoms with Crippen molar-refractivity contribution in [2.45, 2.75) is 92.8 Å². The van der Waals surface area contributed by atoms with Crippen molar-refractivity contribution in [2.24, 2.45) is 0 Å². The second-order valence-corrected chi connectivity index (χ2v) is 13.1. The Kier molecular flexibility index (Phi) is 13.4. The van der Waals surface area contributed by atoms with Gasteiger partial charge in [0, 0.05) is 0 Å². The summed E-state index contributed by atoms with van der Waals surface area (Å²) in [6.07, 6.45) is -19.2. The predicted octanol–water partition coefficient (Wildman–Crippen LogP) is -2.64. The van der Waals surface area contributed by atoms with Crippen LogP contribution in [-0.4, -0.2) is 177 Å². The number of methoxy groups -OCH3 is 2. The monoisotopic (exact) mass is 774 g/mol. The number of phenols is 3. The highest BCUT2D eigenvalue weighted by molar-refractivity contribution is 5.91. The Labute approximate surface area is 308 Å². The number of ether oxygens (including phenoxy) is 9. The van der Waals surface area contributed by atoms with E-state index in [-0.39, 0.29) is 47.3 Å². The molecule has 2 aromatic rings. The third-order valence-electron chi connectivity index (χ3n) is 9.38. The number of rotatable bonds is 14. The van der Waals surface area contributed by atoms with Crippen LogP contribution in [0.25, 0.3) is 0 Å². The Morgan fingerprint density at radius 2 is 1.50 bits per heavy atom. The molecule has 5 rings (SSSR count). The molecule has 0 aromatic heterocycles. The first-order valence-corrected chi connectivity index (χ1v) is 16.8. The molecular weight excluding hydrogens is 728 g/mol. The molecule has 0 aliphatic carbocycles. The molecule has 0 saturated carbocycles. The molecule has 3 aliphatic heterocycles. The number of benzene rings is 2. The highest BCUT2D eigenvalue weighted by atomic mass is 16.8. The van der Waals surface area contributed by atoms with Crippen molar-refractivity contribution in [2.75, 3.05) is 40.6 Å². The number of carbonyl (C=O) groups excluding carboxylic acids is 1. The fraction of sp³-hybridized carbons (Fsp3) is 0.618. The van der Waals surface area contributed by atoms with Gasteiger partial charge in [0.15, 0.2) is 47.5 Å². The van der Waals surface area contributed by atoms with Crippen LogP contribution in [0.5, 0.6) is 28.7 Å². The summed E-state index contributed by atoms with van der Waals surface area (Å²) in [5.41, 5.74) is -1.86. The van der Waals surface area contributed by atoms with Crippen LogP contribution in [0.15, 0.2) is 30.3 Å². The van der Waals surface area contributed by atoms with E-state index in [9.17, 15) is 55.9 Å². The molecule has 3 heterocycles. The molecule has 0 bridgehead atoms. The van der Waals surface area contributed by atoms with Crippen LogP contribution < -0.4 is 9.47 Å². The maximum atomic E-state index is 12.9. The highest BCUT2D eigenvalue weighted by Gasteiger charge is 2.56. The van der Waals surface area contributed by atoms with Crippen LogP contribution in [0.3, 0.4) is 0 Å². The van der Waals surface area contributed by atoms with Crippen molar-refractivity contribution < 1.29 is 98.5 Å². The molecule has 0 amide bonds. The molecule has 0 radical (unpaired) electrons. The second-order valence-electron chi connectivity index (χ2n) is 13.1. The first kappa shape index (κ1) is 41.6. The predicted molar refractivity (Wildman–Crippen MR) is 175 cm³/mol. The number of hydrogen-bond acceptors (Lipinski definition) is 20. The van der Waals surface area contributed by atoms with E-state index in [1.165, 1.54) is 51.5 Å². The van der Waals surface area contributed by atoms with Crippen molar-refractivity contribution in [3.8, 4) is 28.7 Å². The first-order valence-electron chi connectivity index (χ1n) is 16.8. The lowest BCUT2D eigenvalue weighted by Gasteiger charge is -2.47. The average molecular weight is 775 g/mol. The lowest BCUT2D eigenvalue weighted by Crippen LogP contribution is -2.65. The topological polar surface area (TPSA) is 302 Å². The van der Waals surface area contributed by atoms with Crippen molar-refractivity contribution in [3.63, 3.8) is 0 Å².